The van der Waals surface area contributed by atoms with Crippen LogP contribution in [0.4, 0.5) is 0 Å². The zero-order valence-electron chi connectivity index (χ0n) is 14.1. The minimum absolute atomic E-state index is 0.615. The summed E-state index contributed by atoms with van der Waals surface area (Å²) < 4.78 is 5.39. The second-order valence-corrected chi connectivity index (χ2v) is 5.86. The van der Waals surface area contributed by atoms with E-state index in [0.717, 1.165) is 37.1 Å². The Bertz CT molecular complexity index is 487. The summed E-state index contributed by atoms with van der Waals surface area (Å²) in [4.78, 5) is 4.70. The lowest BCUT2D eigenvalue weighted by atomic mass is 10.1. The first-order chi connectivity index (χ1) is 10.8. The number of benzene rings is 1. The molecule has 1 aliphatic carbocycles. The first kappa shape index (κ1) is 16.7. The zero-order valence-corrected chi connectivity index (χ0v) is 14.1. The van der Waals surface area contributed by atoms with E-state index >= 15 is 0 Å². The third-order valence-corrected chi connectivity index (χ3v) is 4.09. The summed E-state index contributed by atoms with van der Waals surface area (Å²) in [5.74, 6) is 2.73. The molecule has 1 fully saturated rings. The highest BCUT2D eigenvalue weighted by Gasteiger charge is 2.36. The van der Waals surface area contributed by atoms with Crippen LogP contribution in [-0.4, -0.2) is 32.2 Å². The number of para-hydroxylation sites is 1. The van der Waals surface area contributed by atoms with Crippen LogP contribution in [0.3, 0.4) is 0 Å². The van der Waals surface area contributed by atoms with Gasteiger partial charge in [0.1, 0.15) is 5.75 Å². The Morgan fingerprint density at radius 1 is 1.32 bits per heavy atom. The van der Waals surface area contributed by atoms with E-state index in [0.29, 0.717) is 6.04 Å². The number of guanidine groups is 1. The molecule has 0 aromatic heterocycles. The molecule has 1 aromatic rings. The standard InChI is InChI=1S/C18H29N3O/c1-4-8-15-13-16(15)21-18(19-5-2)20-12-11-14-9-6-7-10-17(14)22-3/h6-7,9-10,15-16H,4-5,8,11-13H2,1-3H3,(H2,19,20,21). The Labute approximate surface area is 134 Å². The van der Waals surface area contributed by atoms with Gasteiger partial charge in [-0.1, -0.05) is 31.5 Å². The summed E-state index contributed by atoms with van der Waals surface area (Å²) in [5.41, 5.74) is 1.21. The molecule has 0 saturated heterocycles. The molecular weight excluding hydrogens is 274 g/mol. The normalized spacial score (nSPS) is 20.6. The van der Waals surface area contributed by atoms with Crippen molar-refractivity contribution in [3.05, 3.63) is 29.8 Å². The first-order valence-corrected chi connectivity index (χ1v) is 8.45. The fourth-order valence-electron chi connectivity index (χ4n) is 2.81. The molecule has 0 amide bonds. The lowest BCUT2D eigenvalue weighted by molar-refractivity contribution is 0.410. The molecule has 1 aliphatic rings. The molecule has 4 nitrogen and oxygen atoms in total. The van der Waals surface area contributed by atoms with Crippen molar-refractivity contribution in [1.82, 2.24) is 10.6 Å². The van der Waals surface area contributed by atoms with Crippen molar-refractivity contribution in [1.29, 1.82) is 0 Å². The molecule has 0 aliphatic heterocycles. The largest absolute Gasteiger partial charge is 0.496 e. The van der Waals surface area contributed by atoms with Gasteiger partial charge in [0.05, 0.1) is 7.11 Å². The van der Waals surface area contributed by atoms with E-state index < -0.39 is 0 Å². The third kappa shape index (κ3) is 4.93. The Kier molecular flexibility index (Phi) is 6.56. The van der Waals surface area contributed by atoms with Crippen LogP contribution in [-0.2, 0) is 6.42 Å². The van der Waals surface area contributed by atoms with Gasteiger partial charge < -0.3 is 15.4 Å². The second kappa shape index (κ2) is 8.66. The Balaban J connectivity index is 1.85. The maximum atomic E-state index is 5.39. The molecule has 0 radical (unpaired) electrons. The Morgan fingerprint density at radius 2 is 2.14 bits per heavy atom. The van der Waals surface area contributed by atoms with E-state index in [1.807, 2.05) is 18.2 Å². The van der Waals surface area contributed by atoms with Gasteiger partial charge in [0.2, 0.25) is 0 Å². The molecule has 2 unspecified atom stereocenters. The number of aliphatic imine (C=N–C) groups is 1. The van der Waals surface area contributed by atoms with Gasteiger partial charge in [0.15, 0.2) is 5.96 Å². The van der Waals surface area contributed by atoms with Crippen molar-refractivity contribution in [3.8, 4) is 5.75 Å². The number of nitrogens with zero attached hydrogens (tertiary/aromatic N) is 1. The van der Waals surface area contributed by atoms with E-state index in [-0.39, 0.29) is 0 Å². The Morgan fingerprint density at radius 3 is 2.86 bits per heavy atom. The van der Waals surface area contributed by atoms with Gasteiger partial charge in [0, 0.05) is 19.1 Å². The first-order valence-electron chi connectivity index (χ1n) is 8.45. The fourth-order valence-corrected chi connectivity index (χ4v) is 2.81. The monoisotopic (exact) mass is 303 g/mol. The molecule has 2 N–H and O–H groups in total. The average Bonchev–Trinajstić information content (AvgIpc) is 3.26. The minimum Gasteiger partial charge on any atom is -0.496 e. The Hall–Kier alpha value is -1.71. The number of rotatable bonds is 8. The average molecular weight is 303 g/mol. The molecule has 0 heterocycles. The molecule has 22 heavy (non-hydrogen) atoms. The number of hydrogen-bond donors (Lipinski definition) is 2. The molecule has 2 rings (SSSR count). The van der Waals surface area contributed by atoms with Gasteiger partial charge in [-0.15, -0.1) is 0 Å². The predicted octanol–water partition coefficient (Wildman–Crippen LogP) is 2.98. The topological polar surface area (TPSA) is 45.7 Å². The molecule has 0 bridgehead atoms. The van der Waals surface area contributed by atoms with Gasteiger partial charge in [-0.05, 0) is 43.7 Å². The van der Waals surface area contributed by atoms with Crippen molar-refractivity contribution >= 4 is 5.96 Å². The van der Waals surface area contributed by atoms with Crippen molar-refractivity contribution < 1.29 is 4.74 Å². The lowest BCUT2D eigenvalue weighted by Gasteiger charge is -2.11. The van der Waals surface area contributed by atoms with Crippen LogP contribution in [0.15, 0.2) is 29.3 Å². The van der Waals surface area contributed by atoms with Gasteiger partial charge >= 0.3 is 0 Å². The number of ether oxygens (including phenoxy) is 1. The summed E-state index contributed by atoms with van der Waals surface area (Å²) in [6, 6.07) is 8.77. The summed E-state index contributed by atoms with van der Waals surface area (Å²) in [5, 5.41) is 6.89. The SMILES string of the molecule is CCCC1CC1NC(=NCCc1ccccc1OC)NCC. The van der Waals surface area contributed by atoms with E-state index in [4.69, 9.17) is 9.73 Å². The minimum atomic E-state index is 0.615. The van der Waals surface area contributed by atoms with Crippen LogP contribution in [0.25, 0.3) is 0 Å². The van der Waals surface area contributed by atoms with Crippen LogP contribution in [0, 0.1) is 5.92 Å². The fraction of sp³-hybridized carbons (Fsp3) is 0.611. The number of methoxy groups -OCH3 is 1. The zero-order chi connectivity index (χ0) is 15.8. The molecule has 2 atom stereocenters. The van der Waals surface area contributed by atoms with Crippen LogP contribution < -0.4 is 15.4 Å². The molecule has 0 spiro atoms. The summed E-state index contributed by atoms with van der Waals surface area (Å²) in [6.07, 6.45) is 4.76. The van der Waals surface area contributed by atoms with Gasteiger partial charge in [0.25, 0.3) is 0 Å². The smallest absolute Gasteiger partial charge is 0.191 e. The van der Waals surface area contributed by atoms with Crippen LogP contribution in [0.2, 0.25) is 0 Å². The molecule has 4 heteroatoms. The van der Waals surface area contributed by atoms with Crippen molar-refractivity contribution in [3.63, 3.8) is 0 Å². The molecule has 1 aromatic carbocycles. The van der Waals surface area contributed by atoms with Crippen molar-refractivity contribution in [2.45, 2.75) is 45.6 Å². The van der Waals surface area contributed by atoms with Gasteiger partial charge in [-0.25, -0.2) is 0 Å². The predicted molar refractivity (Wildman–Crippen MR) is 92.6 cm³/mol. The van der Waals surface area contributed by atoms with E-state index in [2.05, 4.69) is 30.5 Å². The lowest BCUT2D eigenvalue weighted by Crippen LogP contribution is -2.39. The van der Waals surface area contributed by atoms with Gasteiger partial charge in [-0.2, -0.15) is 0 Å². The van der Waals surface area contributed by atoms with E-state index in [9.17, 15) is 0 Å². The highest BCUT2D eigenvalue weighted by molar-refractivity contribution is 5.80. The third-order valence-electron chi connectivity index (χ3n) is 4.09. The summed E-state index contributed by atoms with van der Waals surface area (Å²) >= 11 is 0. The maximum absolute atomic E-state index is 5.39. The molecule has 1 saturated carbocycles. The van der Waals surface area contributed by atoms with Gasteiger partial charge in [-0.3, -0.25) is 4.99 Å². The summed E-state index contributed by atoms with van der Waals surface area (Å²) in [6.45, 7) is 6.02. The highest BCUT2D eigenvalue weighted by atomic mass is 16.5. The van der Waals surface area contributed by atoms with Crippen molar-refractivity contribution in [2.75, 3.05) is 20.2 Å². The highest BCUT2D eigenvalue weighted by Crippen LogP contribution is 2.34. The number of nitrogens with one attached hydrogen (secondary N) is 2. The summed E-state index contributed by atoms with van der Waals surface area (Å²) in [7, 11) is 1.72. The van der Waals surface area contributed by atoms with E-state index in [1.54, 1.807) is 7.11 Å². The van der Waals surface area contributed by atoms with Crippen LogP contribution in [0.1, 0.15) is 38.7 Å². The number of hydrogen-bond acceptors (Lipinski definition) is 2. The quantitative estimate of drug-likeness (QED) is 0.573. The van der Waals surface area contributed by atoms with E-state index in [1.165, 1.54) is 24.8 Å². The van der Waals surface area contributed by atoms with Crippen LogP contribution >= 0.6 is 0 Å². The van der Waals surface area contributed by atoms with Crippen LogP contribution in [0.5, 0.6) is 5.75 Å². The molecular formula is C18H29N3O. The van der Waals surface area contributed by atoms with Crippen molar-refractivity contribution in [2.24, 2.45) is 10.9 Å². The molecule has 122 valence electrons. The maximum Gasteiger partial charge on any atom is 0.191 e. The second-order valence-electron chi connectivity index (χ2n) is 5.86.